The van der Waals surface area contributed by atoms with Gasteiger partial charge in [-0.2, -0.15) is 4.31 Å². The Hall–Kier alpha value is -1.43. The standard InChI is InChI=1S/C17H22N2O2S/c1-13(18)15-8-5-11-19(12-15)22(20,21)17-10-4-7-14-6-2-3-9-16(14)17/h2-4,6-7,9-10,13,15H,5,8,11-12,18H2,1H3. The van der Waals surface area contributed by atoms with Crippen LogP contribution in [0.1, 0.15) is 19.8 Å². The molecule has 5 heteroatoms. The van der Waals surface area contributed by atoms with Crippen molar-refractivity contribution in [3.8, 4) is 0 Å². The summed E-state index contributed by atoms with van der Waals surface area (Å²) in [6, 6.07) is 13.1. The summed E-state index contributed by atoms with van der Waals surface area (Å²) in [6.45, 7) is 3.05. The number of benzene rings is 2. The molecule has 22 heavy (non-hydrogen) atoms. The zero-order valence-electron chi connectivity index (χ0n) is 12.8. The van der Waals surface area contributed by atoms with Crippen LogP contribution in [0.3, 0.4) is 0 Å². The summed E-state index contributed by atoms with van der Waals surface area (Å²) in [7, 11) is -3.48. The van der Waals surface area contributed by atoms with Gasteiger partial charge in [0.1, 0.15) is 0 Å². The molecule has 1 aliphatic rings. The van der Waals surface area contributed by atoms with Crippen LogP contribution in [0.2, 0.25) is 0 Å². The van der Waals surface area contributed by atoms with Crippen molar-refractivity contribution in [3.05, 3.63) is 42.5 Å². The van der Waals surface area contributed by atoms with E-state index >= 15 is 0 Å². The van der Waals surface area contributed by atoms with Crippen LogP contribution >= 0.6 is 0 Å². The van der Waals surface area contributed by atoms with Crippen LogP contribution in [-0.2, 0) is 10.0 Å². The van der Waals surface area contributed by atoms with Gasteiger partial charge in [-0.15, -0.1) is 0 Å². The van der Waals surface area contributed by atoms with Crippen molar-refractivity contribution in [1.29, 1.82) is 0 Å². The molecule has 1 fully saturated rings. The van der Waals surface area contributed by atoms with Gasteiger partial charge in [-0.05, 0) is 37.1 Å². The summed E-state index contributed by atoms with van der Waals surface area (Å²) in [6.07, 6.45) is 1.87. The van der Waals surface area contributed by atoms with E-state index in [0.717, 1.165) is 23.6 Å². The fourth-order valence-electron chi connectivity index (χ4n) is 3.18. The first-order chi connectivity index (χ1) is 10.5. The first-order valence-corrected chi connectivity index (χ1v) is 9.17. The van der Waals surface area contributed by atoms with Crippen molar-refractivity contribution >= 4 is 20.8 Å². The number of fused-ring (bicyclic) bond motifs is 1. The van der Waals surface area contributed by atoms with Gasteiger partial charge in [0, 0.05) is 24.5 Å². The van der Waals surface area contributed by atoms with E-state index in [1.807, 2.05) is 43.3 Å². The predicted molar refractivity (Wildman–Crippen MR) is 89.1 cm³/mol. The van der Waals surface area contributed by atoms with E-state index in [2.05, 4.69) is 0 Å². The van der Waals surface area contributed by atoms with Crippen molar-refractivity contribution < 1.29 is 8.42 Å². The Bertz CT molecular complexity index is 766. The molecule has 0 radical (unpaired) electrons. The summed E-state index contributed by atoms with van der Waals surface area (Å²) in [5.74, 6) is 0.235. The fourth-order valence-corrected chi connectivity index (χ4v) is 4.93. The van der Waals surface area contributed by atoms with Gasteiger partial charge in [0.2, 0.25) is 10.0 Å². The summed E-state index contributed by atoms with van der Waals surface area (Å²) in [4.78, 5) is 0.399. The normalized spacial score (nSPS) is 21.8. The second-order valence-electron chi connectivity index (χ2n) is 6.10. The van der Waals surface area contributed by atoms with Crippen molar-refractivity contribution in [2.45, 2.75) is 30.7 Å². The van der Waals surface area contributed by atoms with Crippen LogP contribution in [0.25, 0.3) is 10.8 Å². The van der Waals surface area contributed by atoms with Crippen LogP contribution in [-0.4, -0.2) is 31.9 Å². The van der Waals surface area contributed by atoms with Gasteiger partial charge >= 0.3 is 0 Å². The molecule has 0 bridgehead atoms. The first kappa shape index (κ1) is 15.5. The maximum Gasteiger partial charge on any atom is 0.243 e. The lowest BCUT2D eigenvalue weighted by atomic mass is 9.93. The Labute approximate surface area is 132 Å². The molecule has 118 valence electrons. The maximum absolute atomic E-state index is 13.1. The highest BCUT2D eigenvalue weighted by Crippen LogP contribution is 2.29. The smallest absolute Gasteiger partial charge is 0.243 e. The summed E-state index contributed by atoms with van der Waals surface area (Å²) < 4.78 is 27.7. The molecule has 3 rings (SSSR count). The van der Waals surface area contributed by atoms with Crippen LogP contribution in [0, 0.1) is 5.92 Å². The van der Waals surface area contributed by atoms with Gasteiger partial charge in [0.15, 0.2) is 0 Å². The fraction of sp³-hybridized carbons (Fsp3) is 0.412. The molecule has 2 aromatic carbocycles. The quantitative estimate of drug-likeness (QED) is 0.946. The molecular weight excluding hydrogens is 296 g/mol. The molecule has 2 unspecified atom stereocenters. The largest absolute Gasteiger partial charge is 0.328 e. The van der Waals surface area contributed by atoms with Crippen molar-refractivity contribution in [1.82, 2.24) is 4.31 Å². The molecule has 4 nitrogen and oxygen atoms in total. The third kappa shape index (κ3) is 2.76. The highest BCUT2D eigenvalue weighted by molar-refractivity contribution is 7.89. The SMILES string of the molecule is CC(N)C1CCCN(S(=O)(=O)c2cccc3ccccc23)C1. The van der Waals surface area contributed by atoms with Crippen molar-refractivity contribution in [2.24, 2.45) is 11.7 Å². The molecule has 0 spiro atoms. The molecule has 2 aromatic rings. The molecule has 0 saturated carbocycles. The predicted octanol–water partition coefficient (Wildman–Crippen LogP) is 2.59. The summed E-state index contributed by atoms with van der Waals surface area (Å²) in [5.41, 5.74) is 5.98. The topological polar surface area (TPSA) is 63.4 Å². The van der Waals surface area contributed by atoms with E-state index in [1.165, 1.54) is 0 Å². The van der Waals surface area contributed by atoms with E-state index in [9.17, 15) is 8.42 Å². The zero-order chi connectivity index (χ0) is 15.7. The number of nitrogens with two attached hydrogens (primary N) is 1. The molecule has 1 heterocycles. The van der Waals surface area contributed by atoms with Crippen LogP contribution in [0.15, 0.2) is 47.4 Å². The minimum atomic E-state index is -3.48. The Morgan fingerprint density at radius 3 is 2.68 bits per heavy atom. The van der Waals surface area contributed by atoms with E-state index in [1.54, 1.807) is 10.4 Å². The van der Waals surface area contributed by atoms with Crippen molar-refractivity contribution in [3.63, 3.8) is 0 Å². The van der Waals surface area contributed by atoms with Gasteiger partial charge in [-0.25, -0.2) is 8.42 Å². The molecule has 2 atom stereocenters. The molecular formula is C17H22N2O2S. The van der Waals surface area contributed by atoms with Gasteiger partial charge in [-0.3, -0.25) is 0 Å². The van der Waals surface area contributed by atoms with E-state index in [-0.39, 0.29) is 12.0 Å². The van der Waals surface area contributed by atoms with Gasteiger partial charge in [0.05, 0.1) is 4.90 Å². The Morgan fingerprint density at radius 1 is 1.18 bits per heavy atom. The van der Waals surface area contributed by atoms with Gasteiger partial charge in [0.25, 0.3) is 0 Å². The lowest BCUT2D eigenvalue weighted by Crippen LogP contribution is -2.44. The van der Waals surface area contributed by atoms with E-state index < -0.39 is 10.0 Å². The number of nitrogens with zero attached hydrogens (tertiary/aromatic N) is 1. The average molecular weight is 318 g/mol. The first-order valence-electron chi connectivity index (χ1n) is 7.73. The maximum atomic E-state index is 13.1. The van der Waals surface area contributed by atoms with Gasteiger partial charge < -0.3 is 5.73 Å². The molecule has 0 aromatic heterocycles. The second-order valence-corrected chi connectivity index (χ2v) is 8.01. The monoisotopic (exact) mass is 318 g/mol. The molecule has 0 aliphatic carbocycles. The molecule has 0 amide bonds. The zero-order valence-corrected chi connectivity index (χ0v) is 13.6. The third-order valence-corrected chi connectivity index (χ3v) is 6.45. The van der Waals surface area contributed by atoms with Crippen LogP contribution < -0.4 is 5.73 Å². The minimum Gasteiger partial charge on any atom is -0.328 e. The molecule has 1 saturated heterocycles. The molecule has 1 aliphatic heterocycles. The third-order valence-electron chi connectivity index (χ3n) is 4.53. The molecule has 2 N–H and O–H groups in total. The Balaban J connectivity index is 2.01. The Kier molecular flexibility index (Phi) is 4.21. The highest BCUT2D eigenvalue weighted by atomic mass is 32.2. The summed E-state index contributed by atoms with van der Waals surface area (Å²) in [5, 5.41) is 1.73. The van der Waals surface area contributed by atoms with Crippen molar-refractivity contribution in [2.75, 3.05) is 13.1 Å². The van der Waals surface area contributed by atoms with Crippen LogP contribution in [0.4, 0.5) is 0 Å². The number of hydrogen-bond acceptors (Lipinski definition) is 3. The minimum absolute atomic E-state index is 0.0190. The Morgan fingerprint density at radius 2 is 1.91 bits per heavy atom. The number of rotatable bonds is 3. The highest BCUT2D eigenvalue weighted by Gasteiger charge is 2.32. The lowest BCUT2D eigenvalue weighted by molar-refractivity contribution is 0.243. The second kappa shape index (κ2) is 5.99. The van der Waals surface area contributed by atoms with Crippen LogP contribution in [0.5, 0.6) is 0 Å². The lowest BCUT2D eigenvalue weighted by Gasteiger charge is -2.34. The average Bonchev–Trinajstić information content (AvgIpc) is 2.54. The van der Waals surface area contributed by atoms with E-state index in [0.29, 0.717) is 18.0 Å². The number of hydrogen-bond donors (Lipinski definition) is 1. The van der Waals surface area contributed by atoms with E-state index in [4.69, 9.17) is 5.73 Å². The van der Waals surface area contributed by atoms with Gasteiger partial charge in [-0.1, -0.05) is 36.4 Å². The summed E-state index contributed by atoms with van der Waals surface area (Å²) >= 11 is 0. The number of piperidine rings is 1. The number of sulfonamides is 1.